The van der Waals surface area contributed by atoms with Crippen molar-refractivity contribution < 1.29 is 4.42 Å². The molecule has 6 nitrogen and oxygen atoms in total. The summed E-state index contributed by atoms with van der Waals surface area (Å²) in [5.74, 6) is 1.65. The third kappa shape index (κ3) is 5.29. The van der Waals surface area contributed by atoms with Crippen molar-refractivity contribution in [2.45, 2.75) is 0 Å². The lowest BCUT2D eigenvalue weighted by Crippen LogP contribution is -2.08. The van der Waals surface area contributed by atoms with E-state index in [1.54, 1.807) is 0 Å². The van der Waals surface area contributed by atoms with E-state index < -0.39 is 0 Å². The molecule has 0 unspecified atom stereocenters. The van der Waals surface area contributed by atoms with Gasteiger partial charge in [-0.2, -0.15) is 9.97 Å². The average molecular weight is 854 g/mol. The first-order valence-electron chi connectivity index (χ1n) is 22.7. The van der Waals surface area contributed by atoms with Gasteiger partial charge in [0.15, 0.2) is 11.6 Å². The Kier molecular flexibility index (Phi) is 7.40. The fourth-order valence-corrected chi connectivity index (χ4v) is 10.8. The molecule has 310 valence electrons. The van der Waals surface area contributed by atoms with Gasteiger partial charge in [-0.3, -0.25) is 4.57 Å². The highest BCUT2D eigenvalue weighted by Gasteiger charge is 2.25. The molecule has 0 aliphatic carbocycles. The van der Waals surface area contributed by atoms with Gasteiger partial charge in [-0.05, 0) is 86.2 Å². The lowest BCUT2D eigenvalue weighted by atomic mass is 10.0. The van der Waals surface area contributed by atoms with Crippen molar-refractivity contribution in [1.82, 2.24) is 24.1 Å². The van der Waals surface area contributed by atoms with Crippen molar-refractivity contribution in [2.75, 3.05) is 0 Å². The normalized spacial score (nSPS) is 12.2. The Morgan fingerprint density at radius 1 is 0.328 bits per heavy atom. The number of fused-ring (bicyclic) bond motifs is 15. The van der Waals surface area contributed by atoms with Crippen molar-refractivity contribution in [2.24, 2.45) is 0 Å². The summed E-state index contributed by atoms with van der Waals surface area (Å²) in [6.07, 6.45) is 0. The number of hydrogen-bond donors (Lipinski definition) is 0. The molecule has 15 aromatic rings. The van der Waals surface area contributed by atoms with Gasteiger partial charge in [-0.15, -0.1) is 0 Å². The van der Waals surface area contributed by atoms with Crippen molar-refractivity contribution in [3.63, 3.8) is 0 Å². The maximum absolute atomic E-state index is 6.89. The van der Waals surface area contributed by atoms with Crippen LogP contribution in [0.2, 0.25) is 0 Å². The number of nitrogens with zero attached hydrogens (tertiary/aromatic N) is 5. The largest absolute Gasteiger partial charge is 0.456 e. The molecular weight excluding hydrogens is 819 g/mol. The monoisotopic (exact) mass is 853 g/mol. The highest BCUT2D eigenvalue weighted by Crippen LogP contribution is 2.45. The van der Waals surface area contributed by atoms with E-state index in [0.717, 1.165) is 104 Å². The maximum atomic E-state index is 6.89. The van der Waals surface area contributed by atoms with E-state index in [9.17, 15) is 0 Å². The first kappa shape index (κ1) is 36.2. The second kappa shape index (κ2) is 13.7. The van der Waals surface area contributed by atoms with E-state index in [2.05, 4.69) is 221 Å². The zero-order valence-corrected chi connectivity index (χ0v) is 35.9. The number of rotatable bonds is 4. The van der Waals surface area contributed by atoms with Gasteiger partial charge in [0.05, 0.1) is 27.8 Å². The van der Waals surface area contributed by atoms with E-state index in [4.69, 9.17) is 19.4 Å². The van der Waals surface area contributed by atoms with Gasteiger partial charge in [0.1, 0.15) is 11.2 Å². The number of aromatic nitrogens is 5. The highest BCUT2D eigenvalue weighted by molar-refractivity contribution is 6.23. The second-order valence-corrected chi connectivity index (χ2v) is 17.6. The molecule has 4 heterocycles. The summed E-state index contributed by atoms with van der Waals surface area (Å²) < 4.78 is 11.5. The molecular formula is C61H35N5O. The predicted octanol–water partition coefficient (Wildman–Crippen LogP) is 15.9. The number of furan rings is 1. The van der Waals surface area contributed by atoms with Crippen molar-refractivity contribution >= 4 is 109 Å². The van der Waals surface area contributed by atoms with Crippen LogP contribution in [0.25, 0.3) is 143 Å². The van der Waals surface area contributed by atoms with Gasteiger partial charge in [0.2, 0.25) is 5.95 Å². The fraction of sp³-hybridized carbons (Fsp3) is 0. The van der Waals surface area contributed by atoms with Crippen LogP contribution < -0.4 is 0 Å². The molecule has 0 radical (unpaired) electrons. The standard InChI is InChI=1S/C61H35N5O/c1-2-16-39-31-42(26-25-36(39)13-1)59-62-60(64-61(63-59)66-51-23-11-9-21-45(51)46-22-10-12-24-52(46)66)49-35-56-50(57-43-19-7-5-14-37(43)28-30-55(57)67-56)34-54(49)65-53-33-41-18-4-3-17-40(41)32-48(53)47-29-27-38-15-6-8-20-44(38)58(47)65/h1-35H. The van der Waals surface area contributed by atoms with Gasteiger partial charge in [0, 0.05) is 48.8 Å². The summed E-state index contributed by atoms with van der Waals surface area (Å²) in [6.45, 7) is 0. The molecule has 11 aromatic carbocycles. The van der Waals surface area contributed by atoms with Crippen LogP contribution in [-0.2, 0) is 0 Å². The van der Waals surface area contributed by atoms with Crippen LogP contribution >= 0.6 is 0 Å². The minimum atomic E-state index is 0.533. The lowest BCUT2D eigenvalue weighted by molar-refractivity contribution is 0.669. The molecule has 67 heavy (non-hydrogen) atoms. The van der Waals surface area contributed by atoms with E-state index in [1.807, 2.05) is 0 Å². The van der Waals surface area contributed by atoms with Crippen LogP contribution in [0, 0.1) is 0 Å². The molecule has 6 heteroatoms. The Balaban J connectivity index is 1.13. The predicted molar refractivity (Wildman–Crippen MR) is 277 cm³/mol. The molecule has 15 rings (SSSR count). The third-order valence-electron chi connectivity index (χ3n) is 13.9. The molecule has 0 fully saturated rings. The Morgan fingerprint density at radius 3 is 1.67 bits per heavy atom. The van der Waals surface area contributed by atoms with Gasteiger partial charge in [-0.25, -0.2) is 4.98 Å². The summed E-state index contributed by atoms with van der Waals surface area (Å²) in [5.41, 5.74) is 8.50. The van der Waals surface area contributed by atoms with Crippen molar-refractivity contribution in [3.05, 3.63) is 212 Å². The first-order valence-corrected chi connectivity index (χ1v) is 22.7. The first-order chi connectivity index (χ1) is 33.2. The third-order valence-corrected chi connectivity index (χ3v) is 13.9. The average Bonchev–Trinajstić information content (AvgIpc) is 4.04. The molecule has 0 saturated carbocycles. The highest BCUT2D eigenvalue weighted by atomic mass is 16.3. The molecule has 0 atom stereocenters. The molecule has 0 amide bonds. The molecule has 0 aliphatic heterocycles. The minimum absolute atomic E-state index is 0.533. The zero-order valence-electron chi connectivity index (χ0n) is 35.9. The Bertz CT molecular complexity index is 4540. The van der Waals surface area contributed by atoms with Gasteiger partial charge >= 0.3 is 0 Å². The van der Waals surface area contributed by atoms with Crippen LogP contribution in [0.4, 0.5) is 0 Å². The quantitative estimate of drug-likeness (QED) is 0.177. The van der Waals surface area contributed by atoms with E-state index >= 15 is 0 Å². The molecule has 0 aliphatic rings. The topological polar surface area (TPSA) is 61.7 Å². The van der Waals surface area contributed by atoms with Crippen LogP contribution in [-0.4, -0.2) is 24.1 Å². The molecule has 0 saturated heterocycles. The Hall–Kier alpha value is -9.13. The summed E-state index contributed by atoms with van der Waals surface area (Å²) in [4.78, 5) is 16.5. The van der Waals surface area contributed by atoms with Gasteiger partial charge < -0.3 is 8.98 Å². The fourth-order valence-electron chi connectivity index (χ4n) is 10.8. The van der Waals surface area contributed by atoms with Crippen LogP contribution in [0.1, 0.15) is 0 Å². The molecule has 4 aromatic heterocycles. The summed E-state index contributed by atoms with van der Waals surface area (Å²) in [7, 11) is 0. The summed E-state index contributed by atoms with van der Waals surface area (Å²) >= 11 is 0. The Morgan fingerprint density at radius 2 is 0.910 bits per heavy atom. The van der Waals surface area contributed by atoms with E-state index in [1.165, 1.54) is 21.5 Å². The van der Waals surface area contributed by atoms with E-state index in [-0.39, 0.29) is 0 Å². The van der Waals surface area contributed by atoms with Crippen molar-refractivity contribution in [3.8, 4) is 34.4 Å². The smallest absolute Gasteiger partial charge is 0.238 e. The number of benzene rings is 11. The van der Waals surface area contributed by atoms with Crippen LogP contribution in [0.15, 0.2) is 217 Å². The summed E-state index contributed by atoms with van der Waals surface area (Å²) in [6, 6.07) is 75.7. The lowest BCUT2D eigenvalue weighted by Gasteiger charge is -2.16. The van der Waals surface area contributed by atoms with Crippen molar-refractivity contribution in [1.29, 1.82) is 0 Å². The maximum Gasteiger partial charge on any atom is 0.238 e. The molecule has 0 bridgehead atoms. The SMILES string of the molecule is c1ccc2cc(-c3nc(-c4cc5oc6ccc7ccccc7c6c5cc4-n4c5cc6ccccc6cc5c5ccc6ccccc6c54)nc(-n4c5ccccc5c5ccccc54)n3)ccc2c1. The van der Waals surface area contributed by atoms with Crippen LogP contribution in [0.3, 0.4) is 0 Å². The number of para-hydroxylation sites is 2. The second-order valence-electron chi connectivity index (χ2n) is 17.6. The Labute approximate surface area is 382 Å². The van der Waals surface area contributed by atoms with E-state index in [0.29, 0.717) is 17.6 Å². The zero-order chi connectivity index (χ0) is 43.7. The summed E-state index contributed by atoms with van der Waals surface area (Å²) in [5, 5.41) is 16.0. The van der Waals surface area contributed by atoms with Gasteiger partial charge in [0.25, 0.3) is 0 Å². The molecule has 0 N–H and O–H groups in total. The number of hydrogen-bond acceptors (Lipinski definition) is 4. The van der Waals surface area contributed by atoms with Crippen LogP contribution in [0.5, 0.6) is 0 Å². The minimum Gasteiger partial charge on any atom is -0.456 e. The molecule has 0 spiro atoms. The van der Waals surface area contributed by atoms with Gasteiger partial charge in [-0.1, -0.05) is 164 Å².